The van der Waals surface area contributed by atoms with Gasteiger partial charge in [0.2, 0.25) is 0 Å². The second-order valence-electron chi connectivity index (χ2n) is 5.18. The number of carbonyl (C=O) groups excluding carboxylic acids is 1. The van der Waals surface area contributed by atoms with Crippen molar-refractivity contribution in [3.63, 3.8) is 0 Å². The van der Waals surface area contributed by atoms with Gasteiger partial charge in [0, 0.05) is 4.88 Å². The van der Waals surface area contributed by atoms with Crippen molar-refractivity contribution in [2.24, 2.45) is 0 Å². The summed E-state index contributed by atoms with van der Waals surface area (Å²) in [6.07, 6.45) is 0.892. The normalized spacial score (nSPS) is 10.9. The van der Waals surface area contributed by atoms with Gasteiger partial charge in [0.15, 0.2) is 0 Å². The summed E-state index contributed by atoms with van der Waals surface area (Å²) in [5, 5.41) is 0.518. The number of aromatic nitrogens is 2. The minimum Gasteiger partial charge on any atom is -0.453 e. The van der Waals surface area contributed by atoms with Crippen LogP contribution in [-0.4, -0.2) is 15.9 Å². The summed E-state index contributed by atoms with van der Waals surface area (Å²) < 4.78 is 5.27. The van der Waals surface area contributed by atoms with Crippen LogP contribution in [-0.2, 0) is 17.8 Å². The van der Waals surface area contributed by atoms with Gasteiger partial charge in [-0.1, -0.05) is 19.1 Å². The minimum absolute atomic E-state index is 0.0582. The molecule has 0 saturated carbocycles. The first-order valence-corrected chi connectivity index (χ1v) is 8.14. The van der Waals surface area contributed by atoms with Crippen LogP contribution in [0.2, 0.25) is 0 Å². The first-order valence-electron chi connectivity index (χ1n) is 7.33. The van der Waals surface area contributed by atoms with Crippen molar-refractivity contribution in [3.8, 4) is 0 Å². The third-order valence-electron chi connectivity index (χ3n) is 3.54. The first-order chi connectivity index (χ1) is 11.1. The Morgan fingerprint density at radius 3 is 2.87 bits per heavy atom. The summed E-state index contributed by atoms with van der Waals surface area (Å²) in [4.78, 5) is 32.8. The van der Waals surface area contributed by atoms with Crippen LogP contribution in [0.3, 0.4) is 0 Å². The van der Waals surface area contributed by atoms with Crippen molar-refractivity contribution in [2.75, 3.05) is 0 Å². The van der Waals surface area contributed by atoms with Crippen LogP contribution in [0.25, 0.3) is 10.9 Å². The summed E-state index contributed by atoms with van der Waals surface area (Å²) in [5.41, 5.74) is 1.45. The third kappa shape index (κ3) is 3.17. The van der Waals surface area contributed by atoms with Gasteiger partial charge in [0.25, 0.3) is 5.56 Å². The van der Waals surface area contributed by atoms with E-state index < -0.39 is 5.97 Å². The van der Waals surface area contributed by atoms with Gasteiger partial charge in [-0.05, 0) is 37.1 Å². The number of fused-ring (bicyclic) bond motifs is 1. The molecule has 118 valence electrons. The molecular formula is C17H16N2O3S. The van der Waals surface area contributed by atoms with E-state index in [9.17, 15) is 9.59 Å². The third-order valence-corrected chi connectivity index (χ3v) is 4.91. The molecule has 2 aromatic heterocycles. The lowest BCUT2D eigenvalue weighted by atomic mass is 10.2. The molecule has 0 radical (unpaired) electrons. The summed E-state index contributed by atoms with van der Waals surface area (Å²) in [7, 11) is 0. The predicted molar refractivity (Wildman–Crippen MR) is 89.9 cm³/mol. The van der Waals surface area contributed by atoms with E-state index in [4.69, 9.17) is 4.74 Å². The van der Waals surface area contributed by atoms with Crippen molar-refractivity contribution in [2.45, 2.75) is 26.9 Å². The van der Waals surface area contributed by atoms with Crippen LogP contribution in [0.4, 0.5) is 0 Å². The maximum atomic E-state index is 12.1. The number of benzene rings is 1. The van der Waals surface area contributed by atoms with Gasteiger partial charge in [0.1, 0.15) is 17.3 Å². The van der Waals surface area contributed by atoms with Crippen molar-refractivity contribution in [1.82, 2.24) is 9.97 Å². The van der Waals surface area contributed by atoms with E-state index in [1.165, 1.54) is 16.2 Å². The molecule has 0 unspecified atom stereocenters. The molecule has 0 aliphatic rings. The molecule has 0 spiro atoms. The zero-order valence-electron chi connectivity index (χ0n) is 12.9. The molecule has 0 amide bonds. The fraction of sp³-hybridized carbons (Fsp3) is 0.235. The van der Waals surface area contributed by atoms with E-state index in [1.807, 2.05) is 19.1 Å². The van der Waals surface area contributed by atoms with E-state index in [1.54, 1.807) is 18.2 Å². The molecule has 3 rings (SSSR count). The van der Waals surface area contributed by atoms with Gasteiger partial charge in [0.05, 0.1) is 10.9 Å². The number of nitrogens with zero attached hydrogens (tertiary/aromatic N) is 1. The van der Waals surface area contributed by atoms with Crippen LogP contribution in [0, 0.1) is 6.92 Å². The predicted octanol–water partition coefficient (Wildman–Crippen LogP) is 3.21. The number of rotatable bonds is 4. The van der Waals surface area contributed by atoms with Crippen LogP contribution >= 0.6 is 11.3 Å². The second-order valence-corrected chi connectivity index (χ2v) is 6.31. The Bertz CT molecular complexity index is 927. The number of H-pyrrole nitrogens is 1. The number of carbonyl (C=O) groups is 1. The number of thiophene rings is 1. The average molecular weight is 328 g/mol. The molecule has 0 fully saturated rings. The van der Waals surface area contributed by atoms with Crippen LogP contribution in [0.5, 0.6) is 0 Å². The number of aryl methyl sites for hydroxylation is 2. The van der Waals surface area contributed by atoms with Gasteiger partial charge in [-0.15, -0.1) is 11.3 Å². The number of hydrogen-bond donors (Lipinski definition) is 1. The van der Waals surface area contributed by atoms with Crippen LogP contribution in [0.15, 0.2) is 35.1 Å². The van der Waals surface area contributed by atoms with E-state index in [0.717, 1.165) is 12.0 Å². The Morgan fingerprint density at radius 2 is 2.13 bits per heavy atom. The monoisotopic (exact) mass is 328 g/mol. The second kappa shape index (κ2) is 6.34. The highest BCUT2D eigenvalue weighted by atomic mass is 32.1. The highest BCUT2D eigenvalue weighted by molar-refractivity contribution is 7.14. The molecule has 0 atom stereocenters. The fourth-order valence-corrected chi connectivity index (χ4v) is 3.39. The van der Waals surface area contributed by atoms with Gasteiger partial charge in [-0.3, -0.25) is 4.79 Å². The lowest BCUT2D eigenvalue weighted by Crippen LogP contribution is -2.14. The van der Waals surface area contributed by atoms with Gasteiger partial charge in [-0.25, -0.2) is 9.78 Å². The number of para-hydroxylation sites is 1. The van der Waals surface area contributed by atoms with Gasteiger partial charge >= 0.3 is 5.97 Å². The molecule has 0 bridgehead atoms. The lowest BCUT2D eigenvalue weighted by Gasteiger charge is -2.04. The molecule has 2 heterocycles. The molecule has 1 aromatic carbocycles. The Hall–Kier alpha value is -2.47. The number of aromatic amines is 1. The molecule has 0 aliphatic carbocycles. The lowest BCUT2D eigenvalue weighted by molar-refractivity contribution is 0.0468. The number of esters is 1. The molecule has 6 heteroatoms. The molecule has 0 saturated heterocycles. The number of ether oxygens (including phenoxy) is 1. The smallest absolute Gasteiger partial charge is 0.348 e. The number of hydrogen-bond acceptors (Lipinski definition) is 5. The highest BCUT2D eigenvalue weighted by Crippen LogP contribution is 2.23. The largest absolute Gasteiger partial charge is 0.453 e. The van der Waals surface area contributed by atoms with E-state index >= 15 is 0 Å². The maximum Gasteiger partial charge on any atom is 0.348 e. The number of nitrogens with one attached hydrogen (secondary N) is 1. The van der Waals surface area contributed by atoms with E-state index in [2.05, 4.69) is 16.9 Å². The van der Waals surface area contributed by atoms with Crippen molar-refractivity contribution < 1.29 is 9.53 Å². The molecule has 3 aromatic rings. The van der Waals surface area contributed by atoms with Gasteiger partial charge < -0.3 is 9.72 Å². The standard InChI is InChI=1S/C17H16N2O3S/c1-3-13-10(2)8-14(23-13)17(21)22-9-15-18-12-7-5-4-6-11(12)16(20)19-15/h4-8H,3,9H2,1-2H3,(H,18,19,20). The SMILES string of the molecule is CCc1sc(C(=O)OCc2nc3ccccc3c(=O)[nH]2)cc1C. The Kier molecular flexibility index (Phi) is 4.25. The topological polar surface area (TPSA) is 72.0 Å². The quantitative estimate of drug-likeness (QED) is 0.747. The maximum absolute atomic E-state index is 12.1. The Balaban J connectivity index is 1.77. The minimum atomic E-state index is -0.395. The highest BCUT2D eigenvalue weighted by Gasteiger charge is 2.14. The van der Waals surface area contributed by atoms with Crippen molar-refractivity contribution in [3.05, 3.63) is 61.8 Å². The summed E-state index contributed by atoms with van der Waals surface area (Å²) in [5.74, 6) is -0.0559. The Morgan fingerprint density at radius 1 is 1.35 bits per heavy atom. The molecular weight excluding hydrogens is 312 g/mol. The Labute approximate surface area is 137 Å². The van der Waals surface area contributed by atoms with Gasteiger partial charge in [-0.2, -0.15) is 0 Å². The first kappa shape index (κ1) is 15.4. The van der Waals surface area contributed by atoms with E-state index in [-0.39, 0.29) is 12.2 Å². The zero-order valence-corrected chi connectivity index (χ0v) is 13.7. The van der Waals surface area contributed by atoms with Crippen LogP contribution < -0.4 is 5.56 Å². The summed E-state index contributed by atoms with van der Waals surface area (Å²) in [6, 6.07) is 8.89. The van der Waals surface area contributed by atoms with Crippen LogP contribution in [0.1, 0.15) is 32.9 Å². The summed E-state index contributed by atoms with van der Waals surface area (Å²) >= 11 is 1.44. The molecule has 1 N–H and O–H groups in total. The van der Waals surface area contributed by atoms with Crippen molar-refractivity contribution >= 4 is 28.2 Å². The molecule has 5 nitrogen and oxygen atoms in total. The fourth-order valence-electron chi connectivity index (χ4n) is 2.38. The molecule has 0 aliphatic heterocycles. The van der Waals surface area contributed by atoms with E-state index in [0.29, 0.717) is 21.6 Å². The van der Waals surface area contributed by atoms with Crippen molar-refractivity contribution in [1.29, 1.82) is 0 Å². The zero-order chi connectivity index (χ0) is 16.4. The molecule has 23 heavy (non-hydrogen) atoms. The summed E-state index contributed by atoms with van der Waals surface area (Å²) in [6.45, 7) is 3.98. The average Bonchev–Trinajstić information content (AvgIpc) is 2.94.